The Balaban J connectivity index is 0.000000160. The van der Waals surface area contributed by atoms with Crippen LogP contribution >= 0.6 is 0 Å². The maximum absolute atomic E-state index is 5.69. The molecule has 6 aromatic rings. The molecule has 0 aliphatic heterocycles. The second-order valence-electron chi connectivity index (χ2n) is 8.54. The Morgan fingerprint density at radius 2 is 1.15 bits per heavy atom. The number of nitrogen functional groups attached to an aromatic ring is 1. The summed E-state index contributed by atoms with van der Waals surface area (Å²) >= 11 is 0. The van der Waals surface area contributed by atoms with Crippen molar-refractivity contribution in [3.63, 3.8) is 0 Å². The monoisotopic (exact) mass is 693 g/mol. The summed E-state index contributed by atoms with van der Waals surface area (Å²) in [7, 11) is 0. The molecule has 0 atom stereocenters. The normalized spacial score (nSPS) is 9.82. The fourth-order valence-corrected chi connectivity index (χ4v) is 3.42. The first kappa shape index (κ1) is 29.1. The van der Waals surface area contributed by atoms with Gasteiger partial charge in [0.15, 0.2) is 11.6 Å². The molecule has 39 heavy (non-hydrogen) atoms. The third-order valence-corrected chi connectivity index (χ3v) is 5.30. The minimum atomic E-state index is 0. The molecule has 6 rings (SSSR count). The van der Waals surface area contributed by atoms with Crippen LogP contribution in [0.1, 0.15) is 16.7 Å². The number of rotatable bonds is 3. The first-order valence-corrected chi connectivity index (χ1v) is 12.0. The zero-order chi connectivity index (χ0) is 26.7. The summed E-state index contributed by atoms with van der Waals surface area (Å²) in [5, 5.41) is 8.16. The fraction of sp³-hybridized carbons (Fsp3) is 0.100. The van der Waals surface area contributed by atoms with E-state index in [1.54, 1.807) is 40.3 Å². The van der Waals surface area contributed by atoms with Gasteiger partial charge >= 0.3 is 19.8 Å². The number of aromatic nitrogens is 7. The van der Waals surface area contributed by atoms with Gasteiger partial charge in [-0.1, -0.05) is 17.3 Å². The van der Waals surface area contributed by atoms with Gasteiger partial charge in [0.2, 0.25) is 0 Å². The van der Waals surface area contributed by atoms with Gasteiger partial charge in [-0.05, 0) is 80.1 Å². The molecule has 0 fully saturated rings. The Hall–Kier alpha value is -4.47. The van der Waals surface area contributed by atoms with E-state index in [2.05, 4.69) is 31.2 Å². The predicted octanol–water partition coefficient (Wildman–Crippen LogP) is 5.59. The topological polar surface area (TPSA) is 100 Å². The molecule has 5 aromatic heterocycles. The number of benzene rings is 1. The Bertz CT molecular complexity index is 1440. The van der Waals surface area contributed by atoms with Crippen molar-refractivity contribution < 1.29 is 19.8 Å². The summed E-state index contributed by atoms with van der Waals surface area (Å²) in [5.74, 6) is 1.72. The molecule has 2 N–H and O–H groups in total. The number of hydrogen-bond donors (Lipinski definition) is 1. The summed E-state index contributed by atoms with van der Waals surface area (Å²) in [6, 6.07) is 24.3. The number of hydrogen-bond acceptors (Lipinski definition) is 6. The first-order valence-electron chi connectivity index (χ1n) is 12.0. The van der Waals surface area contributed by atoms with Gasteiger partial charge in [-0.3, -0.25) is 0 Å². The van der Waals surface area contributed by atoms with Crippen molar-refractivity contribution in [1.29, 1.82) is 0 Å². The Morgan fingerprint density at radius 1 is 0.641 bits per heavy atom. The largest absolute Gasteiger partial charge is 1.00 e. The predicted molar refractivity (Wildman–Crippen MR) is 150 cm³/mol. The summed E-state index contributed by atoms with van der Waals surface area (Å²) in [6.07, 6.45) is 12.6. The van der Waals surface area contributed by atoms with Crippen LogP contribution in [0.3, 0.4) is 0 Å². The Labute approximate surface area is 241 Å². The van der Waals surface area contributed by atoms with E-state index >= 15 is 0 Å². The van der Waals surface area contributed by atoms with Crippen molar-refractivity contribution in [2.75, 3.05) is 5.73 Å². The van der Waals surface area contributed by atoms with E-state index in [1.807, 2.05) is 99.9 Å². The zero-order valence-corrected chi connectivity index (χ0v) is 24.5. The van der Waals surface area contributed by atoms with Crippen molar-refractivity contribution in [3.05, 3.63) is 133 Å². The molecule has 0 saturated heterocycles. The van der Waals surface area contributed by atoms with Crippen LogP contribution in [0.5, 0.6) is 0 Å². The quantitative estimate of drug-likeness (QED) is 0.192. The van der Waals surface area contributed by atoms with Gasteiger partial charge in [-0.15, -0.1) is 29.8 Å². The van der Waals surface area contributed by atoms with E-state index in [0.29, 0.717) is 0 Å². The molecule has 9 heteroatoms. The Kier molecular flexibility index (Phi) is 10.8. The van der Waals surface area contributed by atoms with Gasteiger partial charge in [-0.25, -0.2) is 19.3 Å². The van der Waals surface area contributed by atoms with E-state index in [9.17, 15) is 0 Å². The van der Waals surface area contributed by atoms with E-state index < -0.39 is 0 Å². The maximum Gasteiger partial charge on any atom is 1.00 e. The van der Waals surface area contributed by atoms with Gasteiger partial charge in [0.05, 0.1) is 0 Å². The SMILES string of the molecule is Cc1ccnc(-c2[c-]ccc(N)c2)c1.Cc1ccnc(-n2cccn2)c1.Cc1ccnc(-n2cccn2)c1.[Os+]. The molecule has 0 spiro atoms. The van der Waals surface area contributed by atoms with E-state index in [4.69, 9.17) is 5.73 Å². The van der Waals surface area contributed by atoms with Crippen LogP contribution in [0.2, 0.25) is 0 Å². The standard InChI is InChI=1S/C12H11N2.2C9H9N3.Os/c1-9-5-6-14-12(7-9)10-3-2-4-11(13)8-10;2*1-8-3-5-10-9(7-8)12-6-2-4-11-12;/h2,4-8H,13H2,1H3;2*2-7H,1H3;/q-1;;;+1. The fourth-order valence-electron chi connectivity index (χ4n) is 3.42. The third-order valence-electron chi connectivity index (χ3n) is 5.30. The summed E-state index contributed by atoms with van der Waals surface area (Å²) in [6.45, 7) is 6.11. The molecular weight excluding hydrogens is 663 g/mol. The molecule has 5 heterocycles. The molecule has 0 aliphatic rings. The van der Waals surface area contributed by atoms with Gasteiger partial charge in [0.25, 0.3) is 0 Å². The minimum Gasteiger partial charge on any atom is -0.414 e. The van der Waals surface area contributed by atoms with Crippen molar-refractivity contribution in [2.24, 2.45) is 0 Å². The van der Waals surface area contributed by atoms with Gasteiger partial charge < -0.3 is 10.7 Å². The molecular formula is C30H29N8Os. The number of nitrogens with zero attached hydrogens (tertiary/aromatic N) is 7. The van der Waals surface area contributed by atoms with Crippen LogP contribution in [-0.2, 0) is 19.8 Å². The molecule has 0 aliphatic carbocycles. The summed E-state index contributed by atoms with van der Waals surface area (Å²) < 4.78 is 3.49. The van der Waals surface area contributed by atoms with Crippen LogP contribution in [-0.4, -0.2) is 34.5 Å². The minimum absolute atomic E-state index is 0. The van der Waals surface area contributed by atoms with Crippen molar-refractivity contribution >= 4 is 5.69 Å². The molecule has 0 bridgehead atoms. The number of pyridine rings is 3. The second-order valence-corrected chi connectivity index (χ2v) is 8.54. The molecule has 1 aromatic carbocycles. The number of nitrogens with two attached hydrogens (primary N) is 1. The van der Waals surface area contributed by atoms with Crippen LogP contribution in [0.25, 0.3) is 22.9 Å². The van der Waals surface area contributed by atoms with E-state index in [1.165, 1.54) is 16.7 Å². The number of aryl methyl sites for hydroxylation is 3. The number of anilines is 1. The van der Waals surface area contributed by atoms with Crippen molar-refractivity contribution in [2.45, 2.75) is 20.8 Å². The third kappa shape index (κ3) is 8.80. The van der Waals surface area contributed by atoms with Gasteiger partial charge in [0, 0.05) is 43.4 Å². The molecule has 0 amide bonds. The maximum atomic E-state index is 5.69. The molecule has 1 radical (unpaired) electrons. The van der Waals surface area contributed by atoms with Crippen LogP contribution in [0, 0.1) is 26.8 Å². The molecule has 0 saturated carbocycles. The average Bonchev–Trinajstić information content (AvgIpc) is 3.65. The van der Waals surface area contributed by atoms with Crippen LogP contribution in [0.4, 0.5) is 5.69 Å². The van der Waals surface area contributed by atoms with Crippen molar-refractivity contribution in [1.82, 2.24) is 34.5 Å². The van der Waals surface area contributed by atoms with Crippen molar-refractivity contribution in [3.8, 4) is 22.9 Å². The van der Waals surface area contributed by atoms with Crippen LogP contribution in [0.15, 0.2) is 110 Å². The smallest absolute Gasteiger partial charge is 0.414 e. The summed E-state index contributed by atoms with van der Waals surface area (Å²) in [5.41, 5.74) is 11.8. The first-order chi connectivity index (χ1) is 18.5. The van der Waals surface area contributed by atoms with Crippen LogP contribution < -0.4 is 5.73 Å². The molecule has 197 valence electrons. The Morgan fingerprint density at radius 3 is 1.59 bits per heavy atom. The van der Waals surface area contributed by atoms with Gasteiger partial charge in [-0.2, -0.15) is 10.2 Å². The molecule has 8 nitrogen and oxygen atoms in total. The summed E-state index contributed by atoms with van der Waals surface area (Å²) in [4.78, 5) is 12.6. The van der Waals surface area contributed by atoms with E-state index in [0.717, 1.165) is 28.6 Å². The second kappa shape index (κ2) is 14.5. The van der Waals surface area contributed by atoms with Gasteiger partial charge in [0.1, 0.15) is 0 Å². The molecule has 0 unspecified atom stereocenters. The average molecular weight is 692 g/mol. The van der Waals surface area contributed by atoms with E-state index in [-0.39, 0.29) is 19.8 Å². The zero-order valence-electron chi connectivity index (χ0n) is 22.0.